The van der Waals surface area contributed by atoms with Crippen LogP contribution in [-0.2, 0) is 16.0 Å². The van der Waals surface area contributed by atoms with E-state index < -0.39 is 83.7 Å². The third-order valence-corrected chi connectivity index (χ3v) is 9.56. The van der Waals surface area contributed by atoms with Crippen molar-refractivity contribution in [2.75, 3.05) is 18.9 Å². The van der Waals surface area contributed by atoms with Gasteiger partial charge in [0.05, 0.1) is 38.3 Å². The summed E-state index contributed by atoms with van der Waals surface area (Å²) < 4.78 is 54.8. The molecule has 48 heavy (non-hydrogen) atoms. The predicted molar refractivity (Wildman–Crippen MR) is 159 cm³/mol. The lowest BCUT2D eigenvalue weighted by Gasteiger charge is -2.47. The van der Waals surface area contributed by atoms with E-state index >= 15 is 0 Å². The monoisotopic (exact) mass is 696 g/mol. The van der Waals surface area contributed by atoms with Crippen molar-refractivity contribution in [1.29, 1.82) is 0 Å². The first kappa shape index (κ1) is 34.1. The molecule has 0 bridgehead atoms. The molecule has 0 aliphatic carbocycles. The quantitative estimate of drug-likeness (QED) is 0.106. The van der Waals surface area contributed by atoms with Gasteiger partial charge in [-0.15, -0.1) is 10.2 Å². The van der Waals surface area contributed by atoms with Crippen molar-refractivity contribution in [2.45, 2.75) is 66.0 Å². The second kappa shape index (κ2) is 13.6. The normalized spacial score (nSPS) is 30.9. The molecule has 258 valence electrons. The minimum Gasteiger partial charge on any atom is -0.394 e. The van der Waals surface area contributed by atoms with Gasteiger partial charge in [-0.25, -0.2) is 27.5 Å². The average Bonchev–Trinajstić information content (AvgIpc) is 3.73. The molecule has 2 saturated heterocycles. The van der Waals surface area contributed by atoms with Crippen LogP contribution in [0.4, 0.5) is 19.0 Å². The maximum Gasteiger partial charge on any atom is 0.194 e. The molecule has 8 N–H and O–H groups in total. The highest BCUT2D eigenvalue weighted by Gasteiger charge is 2.52. The molecule has 6 rings (SSSR count). The Morgan fingerprint density at radius 3 is 2.29 bits per heavy atom. The van der Waals surface area contributed by atoms with E-state index in [1.54, 1.807) is 12.1 Å². The maximum absolute atomic E-state index is 13.7. The zero-order valence-corrected chi connectivity index (χ0v) is 25.6. The fraction of sp³-hybridized carbons (Fsp3) is 0.464. The van der Waals surface area contributed by atoms with E-state index in [0.29, 0.717) is 17.1 Å². The fourth-order valence-electron chi connectivity index (χ4n) is 5.70. The Morgan fingerprint density at radius 2 is 1.62 bits per heavy atom. The first-order valence-electron chi connectivity index (χ1n) is 14.5. The molecule has 0 saturated carbocycles. The number of thioether (sulfide) groups is 1. The third-order valence-electron chi connectivity index (χ3n) is 8.21. The molecule has 9 atom stereocenters. The molecule has 20 heteroatoms. The average molecular weight is 697 g/mol. The van der Waals surface area contributed by atoms with Crippen LogP contribution in [-0.4, -0.2) is 126 Å². The Morgan fingerprint density at radius 1 is 0.917 bits per heavy atom. The van der Waals surface area contributed by atoms with Crippen LogP contribution in [0.2, 0.25) is 0 Å². The van der Waals surface area contributed by atoms with Crippen molar-refractivity contribution in [1.82, 2.24) is 35.0 Å². The van der Waals surface area contributed by atoms with E-state index in [2.05, 4.69) is 25.6 Å². The van der Waals surface area contributed by atoms with Gasteiger partial charge >= 0.3 is 0 Å². The number of ether oxygens (including phenoxy) is 2. The molecule has 0 amide bonds. The highest BCUT2D eigenvalue weighted by Crippen LogP contribution is 2.42. The minimum atomic E-state index is -1.93. The number of anilines is 1. The summed E-state index contributed by atoms with van der Waals surface area (Å²) in [5.41, 5.74) is 2.12. The predicted octanol–water partition coefficient (Wildman–Crippen LogP) is -0.789. The van der Waals surface area contributed by atoms with Crippen LogP contribution in [0.25, 0.3) is 22.5 Å². The van der Waals surface area contributed by atoms with E-state index in [1.165, 1.54) is 23.3 Å². The smallest absolute Gasteiger partial charge is 0.194 e. The summed E-state index contributed by atoms with van der Waals surface area (Å²) >= 11 is 0.803. The molecule has 0 spiro atoms. The Balaban J connectivity index is 1.16. The number of halogens is 3. The Labute approximate surface area is 273 Å². The van der Waals surface area contributed by atoms with Crippen molar-refractivity contribution >= 4 is 17.6 Å². The van der Waals surface area contributed by atoms with Crippen molar-refractivity contribution in [2.24, 2.45) is 0 Å². The molecule has 0 radical (unpaired) electrons. The molecule has 5 heterocycles. The van der Waals surface area contributed by atoms with Crippen molar-refractivity contribution < 1.29 is 53.3 Å². The lowest BCUT2D eigenvalue weighted by Crippen LogP contribution is -2.60. The summed E-state index contributed by atoms with van der Waals surface area (Å²) in [7, 11) is 0. The summed E-state index contributed by atoms with van der Waals surface area (Å²) in [5, 5.41) is 80.7. The molecule has 5 unspecified atom stereocenters. The summed E-state index contributed by atoms with van der Waals surface area (Å²) in [6, 6.07) is 3.54. The first-order chi connectivity index (χ1) is 22.9. The van der Waals surface area contributed by atoms with Crippen LogP contribution in [0.1, 0.15) is 12.5 Å². The molecule has 16 nitrogen and oxygen atoms in total. The first-order valence-corrected chi connectivity index (χ1v) is 15.5. The van der Waals surface area contributed by atoms with Crippen LogP contribution < -0.4 is 5.73 Å². The summed E-state index contributed by atoms with van der Waals surface area (Å²) in [6.07, 6.45) is -3.00. The lowest BCUT2D eigenvalue weighted by molar-refractivity contribution is -0.211. The van der Waals surface area contributed by atoms with Gasteiger partial charge in [0.1, 0.15) is 64.1 Å². The van der Waals surface area contributed by atoms with Gasteiger partial charge in [0.25, 0.3) is 0 Å². The van der Waals surface area contributed by atoms with Crippen molar-refractivity contribution in [3.8, 4) is 22.5 Å². The van der Waals surface area contributed by atoms with E-state index in [1.807, 2.05) is 0 Å². The number of aliphatic hydroxyl groups excluding tert-OH is 5. The largest absolute Gasteiger partial charge is 0.394 e. The molecule has 2 fully saturated rings. The van der Waals surface area contributed by atoms with Gasteiger partial charge < -0.3 is 45.8 Å². The number of nitrogens with two attached hydrogens (primary N) is 1. The lowest BCUT2D eigenvalue weighted by atomic mass is 9.87. The van der Waals surface area contributed by atoms with Gasteiger partial charge in [0.2, 0.25) is 0 Å². The number of aliphatic hydroxyl groups is 6. The fourth-order valence-corrected chi connectivity index (χ4v) is 6.97. The number of nitrogens with zero attached hydrogens (tertiary/aromatic N) is 7. The number of pyridine rings is 1. The molecular formula is C28H31F3N8O8S. The SMILES string of the molecule is Nc1ccc(-c2cn(C3C(O)[C@@H](CO)O[C@@H](S[C@@H]4OC(CO)C(O)(Cn5cc(-c6cc(F)c(F)c(F)c6)nn5)CC4O)[C@@H]3O)nn2)cn1. The topological polar surface area (TPSA) is 240 Å². The van der Waals surface area contributed by atoms with Gasteiger partial charge in [0.15, 0.2) is 17.5 Å². The second-order valence-corrected chi connectivity index (χ2v) is 12.7. The zero-order chi connectivity index (χ0) is 34.3. The van der Waals surface area contributed by atoms with Crippen LogP contribution in [0, 0.1) is 17.5 Å². The van der Waals surface area contributed by atoms with Gasteiger partial charge in [0, 0.05) is 23.7 Å². The Hall–Kier alpha value is -3.73. The van der Waals surface area contributed by atoms with Gasteiger partial charge in [-0.3, -0.25) is 0 Å². The highest BCUT2D eigenvalue weighted by molar-refractivity contribution is 8.00. The van der Waals surface area contributed by atoms with Gasteiger partial charge in [-0.1, -0.05) is 22.2 Å². The standard InChI is InChI=1S/C28H31F3N8O8S/c29-14-3-13(4-15(30)22(14)31)16-7-38(36-34-16)11-28(45)5-18(42)26(47-20(28)10-41)48-27-25(44)23(24(43)19(9-40)46-27)39-8-17(35-37-39)12-1-2-21(32)33-6-12/h1-4,6-8,18-20,23-27,40-45H,5,9-11H2,(H2,32,33)/t18?,19-,20?,23?,24?,25-,26+,27+,28?/m1/s1. The van der Waals surface area contributed by atoms with Crippen LogP contribution in [0.5, 0.6) is 0 Å². The molecule has 3 aromatic heterocycles. The number of hydrogen-bond acceptors (Lipinski definition) is 15. The number of hydrogen-bond donors (Lipinski definition) is 7. The third kappa shape index (κ3) is 6.62. The molecule has 2 aliphatic heterocycles. The van der Waals surface area contributed by atoms with E-state index in [9.17, 15) is 43.8 Å². The van der Waals surface area contributed by atoms with Crippen molar-refractivity contribution in [3.63, 3.8) is 0 Å². The van der Waals surface area contributed by atoms with Crippen LogP contribution >= 0.6 is 11.8 Å². The maximum atomic E-state index is 13.7. The van der Waals surface area contributed by atoms with Crippen LogP contribution in [0.15, 0.2) is 42.9 Å². The summed E-state index contributed by atoms with van der Waals surface area (Å²) in [5.74, 6) is -4.20. The van der Waals surface area contributed by atoms with Gasteiger partial charge in [-0.2, -0.15) is 0 Å². The van der Waals surface area contributed by atoms with Crippen molar-refractivity contribution in [3.05, 3.63) is 60.3 Å². The zero-order valence-electron chi connectivity index (χ0n) is 24.7. The molecular weight excluding hydrogens is 665 g/mol. The Kier molecular flexibility index (Phi) is 9.71. The number of aromatic nitrogens is 7. The Bertz CT molecular complexity index is 1710. The summed E-state index contributed by atoms with van der Waals surface area (Å²) in [6.45, 7) is -1.73. The van der Waals surface area contributed by atoms with Crippen LogP contribution in [0.3, 0.4) is 0 Å². The second-order valence-electron chi connectivity index (χ2n) is 11.5. The molecule has 2 aliphatic rings. The minimum absolute atomic E-state index is 0.0362. The van der Waals surface area contributed by atoms with Gasteiger partial charge in [-0.05, 0) is 24.3 Å². The van der Waals surface area contributed by atoms with E-state index in [0.717, 1.165) is 28.6 Å². The number of nitrogen functional groups attached to an aromatic ring is 1. The molecule has 4 aromatic rings. The summed E-state index contributed by atoms with van der Waals surface area (Å²) in [4.78, 5) is 4.01. The van der Waals surface area contributed by atoms with E-state index in [4.69, 9.17) is 15.2 Å². The number of benzene rings is 1. The number of rotatable bonds is 9. The molecule has 1 aromatic carbocycles. The van der Waals surface area contributed by atoms with E-state index in [-0.39, 0.29) is 24.2 Å². The highest BCUT2D eigenvalue weighted by atomic mass is 32.2.